The number of aliphatic hydroxyl groups is 1. The lowest BCUT2D eigenvalue weighted by Gasteiger charge is -2.27. The number of pyridine rings is 1. The van der Waals surface area contributed by atoms with Gasteiger partial charge in [-0.1, -0.05) is 0 Å². The monoisotopic (exact) mass is 312 g/mol. The van der Waals surface area contributed by atoms with Crippen LogP contribution in [0.5, 0.6) is 5.75 Å². The highest BCUT2D eigenvalue weighted by Gasteiger charge is 2.60. The molecule has 0 bridgehead atoms. The Labute approximate surface area is 109 Å². The second-order valence-electron chi connectivity index (χ2n) is 4.11. The van der Waals surface area contributed by atoms with Gasteiger partial charge in [-0.15, -0.1) is 0 Å². The molecule has 108 valence electrons. The summed E-state index contributed by atoms with van der Waals surface area (Å²) in [5.41, 5.74) is 0. The Morgan fingerprint density at radius 3 is 2.37 bits per heavy atom. The molecule has 0 aromatic carbocycles. The Morgan fingerprint density at radius 2 is 1.95 bits per heavy atom. The largest absolute Gasteiger partial charge is 0.491 e. The Morgan fingerprint density at radius 1 is 1.37 bits per heavy atom. The van der Waals surface area contributed by atoms with Crippen molar-refractivity contribution in [1.82, 2.24) is 0 Å². The van der Waals surface area contributed by atoms with Crippen LogP contribution in [0.3, 0.4) is 0 Å². The number of methoxy groups -OCH3 is 1. The fourth-order valence-electron chi connectivity index (χ4n) is 1.43. The molecule has 1 aromatic heterocycles. The van der Waals surface area contributed by atoms with Crippen LogP contribution in [0.2, 0.25) is 0 Å². The Bertz CT molecular complexity index is 527. The van der Waals surface area contributed by atoms with Crippen molar-refractivity contribution in [1.29, 1.82) is 0 Å². The zero-order valence-corrected chi connectivity index (χ0v) is 12.2. The highest BCUT2D eigenvalue weighted by atomic mass is 31.2. The molecule has 1 heterocycles. The summed E-state index contributed by atoms with van der Waals surface area (Å²) >= 11 is 0. The SMILES string of the molecule is COc1ccc[n+](CC(O)(P(C)(=O)O)P(=O)(O)O)c1. The second-order valence-corrected chi connectivity index (χ2v) is 8.79. The number of rotatable bonds is 5. The average Bonchev–Trinajstić information content (AvgIpc) is 2.26. The zero-order valence-electron chi connectivity index (χ0n) is 10.4. The van der Waals surface area contributed by atoms with Crippen LogP contribution in [0.25, 0.3) is 0 Å². The Balaban J connectivity index is 3.23. The summed E-state index contributed by atoms with van der Waals surface area (Å²) in [6.45, 7) is -0.0361. The summed E-state index contributed by atoms with van der Waals surface area (Å²) in [6.07, 6.45) is 2.73. The predicted molar refractivity (Wildman–Crippen MR) is 65.9 cm³/mol. The van der Waals surface area contributed by atoms with Gasteiger partial charge in [0.25, 0.3) is 0 Å². The third-order valence-electron chi connectivity index (χ3n) is 2.59. The molecule has 0 fully saturated rings. The van der Waals surface area contributed by atoms with Gasteiger partial charge in [-0.05, 0) is 6.07 Å². The van der Waals surface area contributed by atoms with Crippen LogP contribution in [-0.4, -0.2) is 38.6 Å². The first-order chi connectivity index (χ1) is 8.51. The number of aromatic nitrogens is 1. The molecule has 0 aliphatic carbocycles. The molecule has 0 saturated carbocycles. The van der Waals surface area contributed by atoms with E-state index in [1.54, 1.807) is 6.07 Å². The molecular formula is C9H16NO7P2+. The third-order valence-corrected chi connectivity index (χ3v) is 7.03. The van der Waals surface area contributed by atoms with E-state index in [4.69, 9.17) is 14.5 Å². The van der Waals surface area contributed by atoms with Crippen molar-refractivity contribution < 1.29 is 38.2 Å². The van der Waals surface area contributed by atoms with Crippen molar-refractivity contribution in [3.8, 4) is 5.75 Å². The van der Waals surface area contributed by atoms with E-state index < -0.39 is 26.6 Å². The van der Waals surface area contributed by atoms with Gasteiger partial charge in [0.2, 0.25) is 13.6 Å². The van der Waals surface area contributed by atoms with Gasteiger partial charge in [0.1, 0.15) is 0 Å². The smallest absolute Gasteiger partial charge is 0.373 e. The van der Waals surface area contributed by atoms with Gasteiger partial charge >= 0.3 is 12.7 Å². The standard InChI is InChI=1S/C9H15NO7P2/c1-17-8-4-3-5-10(6-8)7-9(11,18(2,12)13)19(14,15)16/h3-6,11H,7H2,1-2H3,(H2-,12,13,14,15,16)/p+1. The van der Waals surface area contributed by atoms with Crippen LogP contribution >= 0.6 is 15.0 Å². The van der Waals surface area contributed by atoms with E-state index in [0.29, 0.717) is 12.4 Å². The first kappa shape index (κ1) is 16.3. The molecule has 0 spiro atoms. The highest BCUT2D eigenvalue weighted by Crippen LogP contribution is 2.67. The molecule has 1 rings (SSSR count). The normalized spacial score (nSPS) is 18.4. The number of hydrogen-bond acceptors (Lipinski definition) is 4. The maximum absolute atomic E-state index is 11.6. The molecular weight excluding hydrogens is 296 g/mol. The minimum atomic E-state index is -5.22. The fraction of sp³-hybridized carbons (Fsp3) is 0.444. The summed E-state index contributed by atoms with van der Waals surface area (Å²) < 4.78 is 29.0. The molecule has 10 heteroatoms. The van der Waals surface area contributed by atoms with Gasteiger partial charge in [-0.2, -0.15) is 4.57 Å². The van der Waals surface area contributed by atoms with Crippen LogP contribution in [0.4, 0.5) is 0 Å². The van der Waals surface area contributed by atoms with E-state index in [-0.39, 0.29) is 0 Å². The summed E-state index contributed by atoms with van der Waals surface area (Å²) in [4.78, 5) is 27.7. The van der Waals surface area contributed by atoms with Gasteiger partial charge in [0.05, 0.1) is 7.11 Å². The van der Waals surface area contributed by atoms with Gasteiger partial charge in [-0.25, -0.2) is 0 Å². The molecule has 0 radical (unpaired) electrons. The van der Waals surface area contributed by atoms with Crippen molar-refractivity contribution in [2.45, 2.75) is 11.6 Å². The molecule has 2 unspecified atom stereocenters. The quantitative estimate of drug-likeness (QED) is 0.434. The van der Waals surface area contributed by atoms with Crippen LogP contribution < -0.4 is 9.30 Å². The maximum atomic E-state index is 11.6. The molecule has 8 nitrogen and oxygen atoms in total. The Hall–Kier alpha value is -0.750. The highest BCUT2D eigenvalue weighted by molar-refractivity contribution is 7.74. The minimum absolute atomic E-state index is 0.374. The molecule has 0 aliphatic rings. The van der Waals surface area contributed by atoms with Crippen LogP contribution in [-0.2, 0) is 15.7 Å². The Kier molecular flexibility index (Phi) is 4.57. The van der Waals surface area contributed by atoms with Gasteiger partial charge < -0.3 is 24.5 Å². The van der Waals surface area contributed by atoms with E-state index >= 15 is 0 Å². The van der Waals surface area contributed by atoms with Gasteiger partial charge in [0, 0.05) is 12.7 Å². The molecule has 2 atom stereocenters. The van der Waals surface area contributed by atoms with E-state index in [9.17, 15) is 19.1 Å². The maximum Gasteiger partial charge on any atom is 0.373 e. The van der Waals surface area contributed by atoms with E-state index in [0.717, 1.165) is 0 Å². The minimum Gasteiger partial charge on any atom is -0.491 e. The van der Waals surface area contributed by atoms with Crippen LogP contribution in [0, 0.1) is 0 Å². The first-order valence-corrected chi connectivity index (χ1v) is 8.84. The van der Waals surface area contributed by atoms with E-state index in [1.165, 1.54) is 30.1 Å². The van der Waals surface area contributed by atoms with E-state index in [2.05, 4.69) is 0 Å². The van der Waals surface area contributed by atoms with Crippen molar-refractivity contribution in [2.75, 3.05) is 13.8 Å². The summed E-state index contributed by atoms with van der Waals surface area (Å²) in [7, 11) is -8.29. The number of ether oxygens (including phenoxy) is 1. The summed E-state index contributed by atoms with van der Waals surface area (Å²) in [5.74, 6) is 0.374. The van der Waals surface area contributed by atoms with E-state index in [1.807, 2.05) is 0 Å². The van der Waals surface area contributed by atoms with Gasteiger partial charge in [-0.3, -0.25) is 9.13 Å². The fourth-order valence-corrected chi connectivity index (χ4v) is 4.13. The molecule has 4 N–H and O–H groups in total. The van der Waals surface area contributed by atoms with Gasteiger partial charge in [0.15, 0.2) is 18.5 Å². The third kappa shape index (κ3) is 3.42. The second kappa shape index (κ2) is 5.32. The zero-order chi connectivity index (χ0) is 14.9. The van der Waals surface area contributed by atoms with Crippen molar-refractivity contribution >= 4 is 15.0 Å². The first-order valence-electron chi connectivity index (χ1n) is 5.13. The molecule has 19 heavy (non-hydrogen) atoms. The topological polar surface area (TPSA) is 128 Å². The summed E-state index contributed by atoms with van der Waals surface area (Å²) in [5, 5.41) is 6.92. The molecule has 1 aromatic rings. The van der Waals surface area contributed by atoms with Crippen LogP contribution in [0.1, 0.15) is 0 Å². The number of nitrogens with zero attached hydrogens (tertiary/aromatic N) is 1. The lowest BCUT2D eigenvalue weighted by molar-refractivity contribution is -0.703. The van der Waals surface area contributed by atoms with Crippen molar-refractivity contribution in [3.63, 3.8) is 0 Å². The van der Waals surface area contributed by atoms with Crippen molar-refractivity contribution in [3.05, 3.63) is 24.5 Å². The number of hydrogen-bond donors (Lipinski definition) is 4. The lowest BCUT2D eigenvalue weighted by Crippen LogP contribution is -2.47. The predicted octanol–water partition coefficient (Wildman–Crippen LogP) is -0.293. The average molecular weight is 312 g/mol. The lowest BCUT2D eigenvalue weighted by atomic mass is 10.4. The van der Waals surface area contributed by atoms with Crippen LogP contribution in [0.15, 0.2) is 24.5 Å². The molecule has 0 amide bonds. The van der Waals surface area contributed by atoms with Crippen molar-refractivity contribution in [2.24, 2.45) is 0 Å². The molecule has 0 saturated heterocycles. The summed E-state index contributed by atoms with van der Waals surface area (Å²) in [6, 6.07) is 3.09. The molecule has 0 aliphatic heterocycles.